The molecule has 0 aliphatic rings. The van der Waals surface area contributed by atoms with Crippen LogP contribution in [0.15, 0.2) is 46.9 Å². The molecule has 0 aliphatic heterocycles. The topological polar surface area (TPSA) is 60.2 Å². The molecule has 0 aromatic heterocycles. The van der Waals surface area contributed by atoms with Gasteiger partial charge in [0.1, 0.15) is 5.82 Å². The van der Waals surface area contributed by atoms with E-state index in [0.717, 1.165) is 10.5 Å². The normalized spacial score (nSPS) is 10.3. The van der Waals surface area contributed by atoms with Crippen molar-refractivity contribution in [2.45, 2.75) is 6.42 Å². The highest BCUT2D eigenvalue weighted by Crippen LogP contribution is 2.17. The first-order valence-corrected chi connectivity index (χ1v) is 6.63. The summed E-state index contributed by atoms with van der Waals surface area (Å²) in [5, 5.41) is 0. The number of halogens is 2. The lowest BCUT2D eigenvalue weighted by atomic mass is 10.0. The maximum Gasteiger partial charge on any atom is 0.221 e. The molecule has 0 unspecified atom stereocenters. The number of hydrogen-bond acceptors (Lipinski definition) is 2. The van der Waals surface area contributed by atoms with Crippen LogP contribution in [0.2, 0.25) is 0 Å². The van der Waals surface area contributed by atoms with Gasteiger partial charge < -0.3 is 5.73 Å². The standard InChI is InChI=1S/C15H11BrFNO2/c16-12-5-3-9(4-6-12)15(20)11-2-1-10(8-14(18)19)13(17)7-11/h1-7H,8H2,(H2,18,19). The van der Waals surface area contributed by atoms with Gasteiger partial charge >= 0.3 is 0 Å². The summed E-state index contributed by atoms with van der Waals surface area (Å²) in [4.78, 5) is 22.9. The largest absolute Gasteiger partial charge is 0.369 e. The Bertz CT molecular complexity index is 668. The SMILES string of the molecule is NC(=O)Cc1ccc(C(=O)c2ccc(Br)cc2)cc1F. The third kappa shape index (κ3) is 3.30. The van der Waals surface area contributed by atoms with Crippen LogP contribution in [-0.2, 0) is 11.2 Å². The molecule has 3 nitrogen and oxygen atoms in total. The minimum atomic E-state index is -0.615. The lowest BCUT2D eigenvalue weighted by Gasteiger charge is -2.05. The van der Waals surface area contributed by atoms with E-state index in [9.17, 15) is 14.0 Å². The Balaban J connectivity index is 2.29. The van der Waals surface area contributed by atoms with Crippen molar-refractivity contribution in [2.24, 2.45) is 5.73 Å². The van der Waals surface area contributed by atoms with Gasteiger partial charge in [0.25, 0.3) is 0 Å². The second kappa shape index (κ2) is 5.96. The van der Waals surface area contributed by atoms with Gasteiger partial charge in [-0.1, -0.05) is 28.1 Å². The maximum atomic E-state index is 13.8. The van der Waals surface area contributed by atoms with E-state index in [1.165, 1.54) is 12.1 Å². The number of amides is 1. The molecule has 0 atom stereocenters. The molecule has 0 saturated carbocycles. The van der Waals surface area contributed by atoms with Gasteiger partial charge in [0.15, 0.2) is 5.78 Å². The Morgan fingerprint density at radius 2 is 1.65 bits per heavy atom. The molecule has 20 heavy (non-hydrogen) atoms. The number of carbonyl (C=O) groups excluding carboxylic acids is 2. The van der Waals surface area contributed by atoms with E-state index in [2.05, 4.69) is 15.9 Å². The van der Waals surface area contributed by atoms with Crippen LogP contribution in [0.25, 0.3) is 0 Å². The zero-order valence-corrected chi connectivity index (χ0v) is 12.0. The van der Waals surface area contributed by atoms with E-state index in [1.54, 1.807) is 24.3 Å². The van der Waals surface area contributed by atoms with Gasteiger partial charge in [0.05, 0.1) is 6.42 Å². The van der Waals surface area contributed by atoms with Crippen LogP contribution in [0.4, 0.5) is 4.39 Å². The summed E-state index contributed by atoms with van der Waals surface area (Å²) in [7, 11) is 0. The molecule has 0 saturated heterocycles. The van der Waals surface area contributed by atoms with Gasteiger partial charge in [0.2, 0.25) is 5.91 Å². The van der Waals surface area contributed by atoms with Crippen LogP contribution >= 0.6 is 15.9 Å². The van der Waals surface area contributed by atoms with E-state index in [4.69, 9.17) is 5.73 Å². The number of nitrogens with two attached hydrogens (primary N) is 1. The average Bonchev–Trinajstić information content (AvgIpc) is 2.41. The molecule has 2 aromatic carbocycles. The Kier molecular flexibility index (Phi) is 4.29. The Morgan fingerprint density at radius 3 is 2.20 bits per heavy atom. The van der Waals surface area contributed by atoms with Crippen molar-refractivity contribution < 1.29 is 14.0 Å². The first-order valence-electron chi connectivity index (χ1n) is 5.84. The van der Waals surface area contributed by atoms with E-state index >= 15 is 0 Å². The zero-order chi connectivity index (χ0) is 14.7. The second-order valence-corrected chi connectivity index (χ2v) is 5.20. The summed E-state index contributed by atoms with van der Waals surface area (Å²) < 4.78 is 14.6. The number of ketones is 1. The molecule has 2 rings (SSSR count). The quantitative estimate of drug-likeness (QED) is 0.873. The molecule has 0 fully saturated rings. The summed E-state index contributed by atoms with van der Waals surface area (Å²) in [6.45, 7) is 0. The average molecular weight is 336 g/mol. The first kappa shape index (κ1) is 14.4. The lowest BCUT2D eigenvalue weighted by Crippen LogP contribution is -2.15. The smallest absolute Gasteiger partial charge is 0.221 e. The summed E-state index contributed by atoms with van der Waals surface area (Å²) in [5.74, 6) is -1.50. The number of rotatable bonds is 4. The van der Waals surface area contributed by atoms with E-state index in [1.807, 2.05) is 0 Å². The molecule has 2 aromatic rings. The highest BCUT2D eigenvalue weighted by atomic mass is 79.9. The molecule has 1 amide bonds. The number of primary amides is 1. The summed E-state index contributed by atoms with van der Waals surface area (Å²) in [5.41, 5.74) is 5.91. The van der Waals surface area contributed by atoms with Gasteiger partial charge in [-0.3, -0.25) is 9.59 Å². The molecule has 0 radical (unpaired) electrons. The van der Waals surface area contributed by atoms with Crippen molar-refractivity contribution in [3.8, 4) is 0 Å². The van der Waals surface area contributed by atoms with Gasteiger partial charge in [0, 0.05) is 15.6 Å². The van der Waals surface area contributed by atoms with Gasteiger partial charge in [-0.2, -0.15) is 0 Å². The second-order valence-electron chi connectivity index (χ2n) is 4.29. The Labute approximate surface area is 123 Å². The molecular weight excluding hydrogens is 325 g/mol. The van der Waals surface area contributed by atoms with Crippen LogP contribution < -0.4 is 5.73 Å². The van der Waals surface area contributed by atoms with Crippen molar-refractivity contribution >= 4 is 27.6 Å². The van der Waals surface area contributed by atoms with Gasteiger partial charge in [-0.15, -0.1) is 0 Å². The van der Waals surface area contributed by atoms with Crippen LogP contribution in [-0.4, -0.2) is 11.7 Å². The molecule has 0 bridgehead atoms. The summed E-state index contributed by atoms with van der Waals surface area (Å²) >= 11 is 3.28. The number of hydrogen-bond donors (Lipinski definition) is 1. The van der Waals surface area contributed by atoms with E-state index < -0.39 is 11.7 Å². The Morgan fingerprint density at radius 1 is 1.05 bits per heavy atom. The molecule has 0 spiro atoms. The van der Waals surface area contributed by atoms with Crippen molar-refractivity contribution in [1.82, 2.24) is 0 Å². The van der Waals surface area contributed by atoms with Crippen molar-refractivity contribution in [3.05, 3.63) is 69.4 Å². The fraction of sp³-hybridized carbons (Fsp3) is 0.0667. The van der Waals surface area contributed by atoms with Gasteiger partial charge in [-0.05, 0) is 35.9 Å². The monoisotopic (exact) mass is 335 g/mol. The fourth-order valence-corrected chi connectivity index (χ4v) is 2.05. The lowest BCUT2D eigenvalue weighted by molar-refractivity contribution is -0.117. The van der Waals surface area contributed by atoms with Crippen LogP contribution in [0.5, 0.6) is 0 Å². The minimum absolute atomic E-state index is 0.182. The third-order valence-corrected chi connectivity index (χ3v) is 3.32. The molecule has 5 heteroatoms. The Hall–Kier alpha value is -2.01. The highest BCUT2D eigenvalue weighted by Gasteiger charge is 2.12. The minimum Gasteiger partial charge on any atom is -0.369 e. The molecule has 2 N–H and O–H groups in total. The van der Waals surface area contributed by atoms with E-state index in [-0.39, 0.29) is 23.3 Å². The van der Waals surface area contributed by atoms with Crippen molar-refractivity contribution in [3.63, 3.8) is 0 Å². The van der Waals surface area contributed by atoms with Crippen LogP contribution in [0, 0.1) is 5.82 Å². The number of carbonyl (C=O) groups is 2. The predicted molar refractivity (Wildman–Crippen MR) is 76.9 cm³/mol. The summed E-state index contributed by atoms with van der Waals surface area (Å²) in [6.07, 6.45) is -0.182. The maximum absolute atomic E-state index is 13.8. The summed E-state index contributed by atoms with van der Waals surface area (Å²) in [6, 6.07) is 10.8. The molecule has 0 heterocycles. The van der Waals surface area contributed by atoms with Crippen molar-refractivity contribution in [2.75, 3.05) is 0 Å². The third-order valence-electron chi connectivity index (χ3n) is 2.79. The van der Waals surface area contributed by atoms with Crippen molar-refractivity contribution in [1.29, 1.82) is 0 Å². The number of benzene rings is 2. The van der Waals surface area contributed by atoms with Gasteiger partial charge in [-0.25, -0.2) is 4.39 Å². The predicted octanol–water partition coefficient (Wildman–Crippen LogP) is 2.85. The molecule has 102 valence electrons. The molecular formula is C15H11BrFNO2. The highest BCUT2D eigenvalue weighted by molar-refractivity contribution is 9.10. The van der Waals surface area contributed by atoms with E-state index in [0.29, 0.717) is 5.56 Å². The zero-order valence-electron chi connectivity index (χ0n) is 10.4. The van der Waals surface area contributed by atoms with Crippen LogP contribution in [0.3, 0.4) is 0 Å². The fourth-order valence-electron chi connectivity index (χ4n) is 1.79. The molecule has 0 aliphatic carbocycles. The first-order chi connectivity index (χ1) is 9.47. The van der Waals surface area contributed by atoms with Crippen LogP contribution in [0.1, 0.15) is 21.5 Å².